The Morgan fingerprint density at radius 2 is 1.98 bits per heavy atom. The first kappa shape index (κ1) is 27.6. The van der Waals surface area contributed by atoms with Gasteiger partial charge in [-0.3, -0.25) is 4.90 Å². The van der Waals surface area contributed by atoms with Gasteiger partial charge in [0.1, 0.15) is 12.4 Å². The molecule has 0 saturated carbocycles. The van der Waals surface area contributed by atoms with Gasteiger partial charge in [-0.05, 0) is 61.4 Å². The summed E-state index contributed by atoms with van der Waals surface area (Å²) in [6.07, 6.45) is 12.2. The van der Waals surface area contributed by atoms with E-state index in [0.29, 0.717) is 11.5 Å². The van der Waals surface area contributed by atoms with Crippen molar-refractivity contribution in [3.05, 3.63) is 59.9 Å². The molecule has 42 heavy (non-hydrogen) atoms. The van der Waals surface area contributed by atoms with Gasteiger partial charge in [0.2, 0.25) is 0 Å². The van der Waals surface area contributed by atoms with Gasteiger partial charge < -0.3 is 14.2 Å². The summed E-state index contributed by atoms with van der Waals surface area (Å²) >= 11 is 0. The fourth-order valence-electron chi connectivity index (χ4n) is 6.38. The second-order valence-corrected chi connectivity index (χ2v) is 13.5. The zero-order valence-corrected chi connectivity index (χ0v) is 24.8. The summed E-state index contributed by atoms with van der Waals surface area (Å²) in [5.74, 6) is 0.900. The van der Waals surface area contributed by atoms with E-state index < -0.39 is 9.84 Å². The number of hydrogen-bond donors (Lipinski definition) is 0. The standard InChI is InChI=1S/C31H37N5O5S/c1-42(37,38)26-6-4-5-22(18-26)23-8-9-24(17-23)27-19-25(40-16-12-34-10-14-39-15-11-34)21-35-30(27)28-20-32-36(31(28)33-35)29-7-2-3-13-41-29/h4-6,17-21,23,29H,2-3,7-16H2,1H3. The van der Waals surface area contributed by atoms with Crippen molar-refractivity contribution in [1.82, 2.24) is 24.3 Å². The third kappa shape index (κ3) is 5.46. The van der Waals surface area contributed by atoms with Crippen LogP contribution >= 0.6 is 0 Å². The average Bonchev–Trinajstić information content (AvgIpc) is 3.73. The van der Waals surface area contributed by atoms with Crippen molar-refractivity contribution in [2.75, 3.05) is 52.3 Å². The predicted molar refractivity (Wildman–Crippen MR) is 160 cm³/mol. The molecule has 1 aromatic carbocycles. The van der Waals surface area contributed by atoms with Gasteiger partial charge in [0.05, 0.1) is 41.4 Å². The van der Waals surface area contributed by atoms with Gasteiger partial charge in [0.25, 0.3) is 0 Å². The lowest BCUT2D eigenvalue weighted by molar-refractivity contribution is -0.0370. The number of hydrogen-bond acceptors (Lipinski definition) is 8. The summed E-state index contributed by atoms with van der Waals surface area (Å²) in [7, 11) is -3.27. The van der Waals surface area contributed by atoms with E-state index in [2.05, 4.69) is 17.0 Å². The largest absolute Gasteiger partial charge is 0.491 e. The first-order valence-corrected chi connectivity index (χ1v) is 16.8. The van der Waals surface area contributed by atoms with E-state index in [0.717, 1.165) is 105 Å². The maximum absolute atomic E-state index is 12.2. The molecule has 2 atom stereocenters. The highest BCUT2D eigenvalue weighted by Crippen LogP contribution is 2.42. The monoisotopic (exact) mass is 591 g/mol. The lowest BCUT2D eigenvalue weighted by Crippen LogP contribution is -2.38. The molecular weight excluding hydrogens is 554 g/mol. The zero-order chi connectivity index (χ0) is 28.7. The van der Waals surface area contributed by atoms with E-state index in [1.54, 1.807) is 6.07 Å². The summed E-state index contributed by atoms with van der Waals surface area (Å²) in [6, 6.07) is 9.46. The highest BCUT2D eigenvalue weighted by atomic mass is 32.2. The Morgan fingerprint density at radius 3 is 2.79 bits per heavy atom. The molecule has 7 rings (SSSR count). The van der Waals surface area contributed by atoms with Crippen LogP contribution in [0.25, 0.3) is 22.1 Å². The number of rotatable bonds is 8. The second kappa shape index (κ2) is 11.4. The molecule has 2 aliphatic heterocycles. The van der Waals surface area contributed by atoms with Crippen molar-refractivity contribution in [2.24, 2.45) is 0 Å². The topological polar surface area (TPSA) is 100 Å². The van der Waals surface area contributed by atoms with Crippen molar-refractivity contribution in [3.8, 4) is 5.75 Å². The van der Waals surface area contributed by atoms with Crippen LogP contribution in [0.4, 0.5) is 0 Å². The molecule has 11 heteroatoms. The first-order chi connectivity index (χ1) is 20.4. The molecule has 1 aliphatic carbocycles. The van der Waals surface area contributed by atoms with Gasteiger partial charge in [-0.2, -0.15) is 5.10 Å². The smallest absolute Gasteiger partial charge is 0.183 e. The molecular formula is C31H37N5O5S. The molecule has 0 bridgehead atoms. The number of benzene rings is 1. The van der Waals surface area contributed by atoms with E-state index in [4.69, 9.17) is 24.4 Å². The molecule has 2 saturated heterocycles. The van der Waals surface area contributed by atoms with E-state index >= 15 is 0 Å². The molecule has 0 spiro atoms. The highest BCUT2D eigenvalue weighted by Gasteiger charge is 2.26. The number of aromatic nitrogens is 4. The summed E-state index contributed by atoms with van der Waals surface area (Å²) < 4.78 is 46.1. The van der Waals surface area contributed by atoms with Gasteiger partial charge in [-0.25, -0.2) is 17.6 Å². The quantitative estimate of drug-likeness (QED) is 0.296. The minimum Gasteiger partial charge on any atom is -0.491 e. The summed E-state index contributed by atoms with van der Waals surface area (Å²) in [5.41, 5.74) is 5.11. The van der Waals surface area contributed by atoms with Crippen LogP contribution in [0.2, 0.25) is 0 Å². The van der Waals surface area contributed by atoms with Crippen LogP contribution in [0.15, 0.2) is 53.7 Å². The summed E-state index contributed by atoms with van der Waals surface area (Å²) in [6.45, 7) is 5.53. The molecule has 4 aromatic rings. The molecule has 10 nitrogen and oxygen atoms in total. The Bertz CT molecular complexity index is 1730. The molecule has 3 aliphatic rings. The molecule has 222 valence electrons. The van der Waals surface area contributed by atoms with Gasteiger partial charge >= 0.3 is 0 Å². The number of pyridine rings is 1. The van der Waals surface area contributed by atoms with Crippen molar-refractivity contribution in [3.63, 3.8) is 0 Å². The molecule has 2 unspecified atom stereocenters. The SMILES string of the molecule is CS(=O)(=O)c1cccc(C2C=C(c3cc(OCCN4CCOCC4)cn4nc5c(cnn5C5CCCCO5)c34)CC2)c1. The number of sulfone groups is 1. The van der Waals surface area contributed by atoms with Gasteiger partial charge in [-0.1, -0.05) is 18.2 Å². The van der Waals surface area contributed by atoms with Crippen LogP contribution in [-0.2, 0) is 19.3 Å². The van der Waals surface area contributed by atoms with Gasteiger partial charge in [0, 0.05) is 44.0 Å². The van der Waals surface area contributed by atoms with E-state index in [1.165, 1.54) is 11.8 Å². The Morgan fingerprint density at radius 1 is 1.10 bits per heavy atom. The van der Waals surface area contributed by atoms with Gasteiger partial charge in [0.15, 0.2) is 21.7 Å². The number of nitrogens with zero attached hydrogens (tertiary/aromatic N) is 5. The fraction of sp³-hybridized carbons (Fsp3) is 0.484. The zero-order valence-electron chi connectivity index (χ0n) is 23.9. The maximum Gasteiger partial charge on any atom is 0.183 e. The maximum atomic E-state index is 12.2. The van der Waals surface area contributed by atoms with Crippen molar-refractivity contribution in [1.29, 1.82) is 0 Å². The van der Waals surface area contributed by atoms with Crippen LogP contribution in [0, 0.1) is 0 Å². The Hall–Kier alpha value is -3.25. The predicted octanol–water partition coefficient (Wildman–Crippen LogP) is 4.46. The minimum atomic E-state index is -3.27. The Balaban J connectivity index is 1.26. The highest BCUT2D eigenvalue weighted by molar-refractivity contribution is 7.90. The molecule has 2 fully saturated rings. The van der Waals surface area contributed by atoms with Crippen molar-refractivity contribution >= 4 is 32.0 Å². The van der Waals surface area contributed by atoms with Crippen LogP contribution < -0.4 is 4.74 Å². The molecule has 3 aromatic heterocycles. The molecule has 0 radical (unpaired) electrons. The Kier molecular flexibility index (Phi) is 7.51. The van der Waals surface area contributed by atoms with Crippen LogP contribution in [0.1, 0.15) is 55.4 Å². The average molecular weight is 592 g/mol. The molecule has 0 N–H and O–H groups in total. The first-order valence-electron chi connectivity index (χ1n) is 14.9. The lowest BCUT2D eigenvalue weighted by Gasteiger charge is -2.26. The van der Waals surface area contributed by atoms with Crippen LogP contribution in [0.5, 0.6) is 5.75 Å². The minimum absolute atomic E-state index is 0.106. The normalized spacial score (nSPS) is 22.2. The van der Waals surface area contributed by atoms with Gasteiger partial charge in [-0.15, -0.1) is 5.10 Å². The van der Waals surface area contributed by atoms with Crippen molar-refractivity contribution < 1.29 is 22.6 Å². The van der Waals surface area contributed by atoms with Crippen molar-refractivity contribution in [2.45, 2.75) is 49.1 Å². The summed E-state index contributed by atoms with van der Waals surface area (Å²) in [5, 5.41) is 10.7. The molecule has 5 heterocycles. The third-order valence-corrected chi connectivity index (χ3v) is 9.75. The Labute approximate surface area is 245 Å². The lowest BCUT2D eigenvalue weighted by atomic mass is 9.99. The number of ether oxygens (including phenoxy) is 3. The number of fused-ring (bicyclic) bond motifs is 3. The second-order valence-electron chi connectivity index (χ2n) is 11.5. The molecule has 0 amide bonds. The summed E-state index contributed by atoms with van der Waals surface area (Å²) in [4.78, 5) is 2.72. The number of morpholine rings is 1. The van der Waals surface area contributed by atoms with E-state index in [-0.39, 0.29) is 12.1 Å². The van der Waals surface area contributed by atoms with Crippen LogP contribution in [-0.4, -0.2) is 85.0 Å². The fourth-order valence-corrected chi connectivity index (χ4v) is 7.06. The third-order valence-electron chi connectivity index (χ3n) is 8.64. The van der Waals surface area contributed by atoms with E-state index in [1.807, 2.05) is 39.8 Å². The van der Waals surface area contributed by atoms with Crippen LogP contribution in [0.3, 0.4) is 0 Å². The number of allylic oxidation sites excluding steroid dienone is 2. The van der Waals surface area contributed by atoms with E-state index in [9.17, 15) is 8.42 Å².